The van der Waals surface area contributed by atoms with Crippen LogP contribution in [0.3, 0.4) is 0 Å². The van der Waals surface area contributed by atoms with Crippen LogP contribution in [0.25, 0.3) is 0 Å². The number of anilines is 2. The second kappa shape index (κ2) is 6.25. The van der Waals surface area contributed by atoms with E-state index in [1.807, 2.05) is 19.1 Å². The van der Waals surface area contributed by atoms with Crippen molar-refractivity contribution in [1.82, 2.24) is 4.98 Å². The van der Waals surface area contributed by atoms with Gasteiger partial charge in [0.2, 0.25) is 0 Å². The summed E-state index contributed by atoms with van der Waals surface area (Å²) < 4.78 is 1.62. The van der Waals surface area contributed by atoms with Crippen molar-refractivity contribution in [2.45, 2.75) is 13.8 Å². The molecule has 1 aromatic heterocycles. The molecule has 0 atom stereocenters. The molecule has 0 radical (unpaired) electrons. The Morgan fingerprint density at radius 3 is 2.29 bits per heavy atom. The predicted octanol–water partition coefficient (Wildman–Crippen LogP) is 4.62. The number of aromatic carboxylic acids is 1. The molecule has 1 heterocycles. The van der Waals surface area contributed by atoms with E-state index in [1.165, 1.54) is 6.92 Å². The molecule has 0 spiro atoms. The molecule has 0 aliphatic heterocycles. The smallest absolute Gasteiger partial charge is 0.356 e. The van der Waals surface area contributed by atoms with E-state index in [9.17, 15) is 9.59 Å². The maximum absolute atomic E-state index is 11.5. The largest absolute Gasteiger partial charge is 0.476 e. The fourth-order valence-electron chi connectivity index (χ4n) is 1.68. The lowest BCUT2D eigenvalue weighted by molar-refractivity contribution is 0.0687. The summed E-state index contributed by atoms with van der Waals surface area (Å²) in [5.41, 5.74) is 1.56. The number of carboxylic acids is 1. The van der Waals surface area contributed by atoms with E-state index in [0.717, 1.165) is 31.5 Å². The maximum atomic E-state index is 11.5. The van der Waals surface area contributed by atoms with E-state index in [4.69, 9.17) is 5.11 Å². The van der Waals surface area contributed by atoms with Gasteiger partial charge in [-0.3, -0.25) is 4.79 Å². The number of hydrogen-bond donors (Lipinski definition) is 2. The minimum Gasteiger partial charge on any atom is -0.476 e. The molecule has 0 bridgehead atoms. The number of benzene rings is 1. The number of hydrogen-bond acceptors (Lipinski definition) is 5. The van der Waals surface area contributed by atoms with Crippen LogP contribution in [0.5, 0.6) is 0 Å². The standard InChI is InChI=1S/C13H10Br2N2O3S/c1-5-3-7(14)9(8(15)4-5)16-13-17-10(12(19)20)11(21-13)6(2)18/h3-4H,1-2H3,(H,16,17)(H,19,20). The van der Waals surface area contributed by atoms with Crippen LogP contribution in [-0.4, -0.2) is 21.8 Å². The minimum absolute atomic E-state index is 0.129. The van der Waals surface area contributed by atoms with E-state index in [2.05, 4.69) is 42.2 Å². The van der Waals surface area contributed by atoms with Crippen molar-refractivity contribution < 1.29 is 14.7 Å². The third kappa shape index (κ3) is 3.50. The molecule has 0 saturated carbocycles. The highest BCUT2D eigenvalue weighted by atomic mass is 79.9. The number of carboxylic acid groups (broad SMARTS) is 1. The van der Waals surface area contributed by atoms with E-state index in [-0.39, 0.29) is 16.4 Å². The van der Waals surface area contributed by atoms with Crippen molar-refractivity contribution in [2.24, 2.45) is 0 Å². The molecule has 2 N–H and O–H groups in total. The third-order valence-electron chi connectivity index (χ3n) is 2.57. The third-order valence-corrected chi connectivity index (χ3v) is 4.89. The highest BCUT2D eigenvalue weighted by Crippen LogP contribution is 2.36. The lowest BCUT2D eigenvalue weighted by Gasteiger charge is -2.09. The Bertz CT molecular complexity index is 689. The fourth-order valence-corrected chi connectivity index (χ4v) is 4.15. The molecule has 0 aliphatic carbocycles. The van der Waals surface area contributed by atoms with Gasteiger partial charge in [0.05, 0.1) is 5.69 Å². The van der Waals surface area contributed by atoms with Gasteiger partial charge in [-0.2, -0.15) is 0 Å². The molecule has 8 heteroatoms. The Kier molecular flexibility index (Phi) is 4.80. The van der Waals surface area contributed by atoms with Crippen molar-refractivity contribution in [3.63, 3.8) is 0 Å². The van der Waals surface area contributed by atoms with Gasteiger partial charge in [-0.25, -0.2) is 9.78 Å². The van der Waals surface area contributed by atoms with Crippen LogP contribution < -0.4 is 5.32 Å². The summed E-state index contributed by atoms with van der Waals surface area (Å²) in [7, 11) is 0. The molecule has 21 heavy (non-hydrogen) atoms. The number of thiazole rings is 1. The fraction of sp³-hybridized carbons (Fsp3) is 0.154. The van der Waals surface area contributed by atoms with Crippen molar-refractivity contribution >= 4 is 65.8 Å². The first kappa shape index (κ1) is 16.1. The van der Waals surface area contributed by atoms with Crippen LogP contribution in [0.1, 0.15) is 32.6 Å². The Labute approximate surface area is 141 Å². The first-order chi connectivity index (χ1) is 9.79. The highest BCUT2D eigenvalue weighted by molar-refractivity contribution is 9.11. The number of carbonyl (C=O) groups is 2. The molecule has 110 valence electrons. The predicted molar refractivity (Wildman–Crippen MR) is 88.9 cm³/mol. The summed E-state index contributed by atoms with van der Waals surface area (Å²) in [6, 6.07) is 3.84. The van der Waals surface area contributed by atoms with Gasteiger partial charge >= 0.3 is 5.97 Å². The van der Waals surface area contributed by atoms with Crippen molar-refractivity contribution in [3.05, 3.63) is 37.2 Å². The van der Waals surface area contributed by atoms with Gasteiger partial charge in [0.25, 0.3) is 0 Å². The zero-order chi connectivity index (χ0) is 15.7. The van der Waals surface area contributed by atoms with E-state index in [1.54, 1.807) is 0 Å². The van der Waals surface area contributed by atoms with E-state index in [0.29, 0.717) is 5.13 Å². The first-order valence-electron chi connectivity index (χ1n) is 5.77. The molecular weight excluding hydrogens is 424 g/mol. The van der Waals surface area contributed by atoms with Gasteiger partial charge in [0, 0.05) is 15.9 Å². The molecule has 0 fully saturated rings. The number of rotatable bonds is 4. The maximum Gasteiger partial charge on any atom is 0.356 e. The monoisotopic (exact) mass is 432 g/mol. The highest BCUT2D eigenvalue weighted by Gasteiger charge is 2.21. The quantitative estimate of drug-likeness (QED) is 0.687. The zero-order valence-electron chi connectivity index (χ0n) is 11.0. The van der Waals surface area contributed by atoms with Gasteiger partial charge < -0.3 is 10.4 Å². The number of aromatic nitrogens is 1. The number of carbonyl (C=O) groups excluding carboxylic acids is 1. The Balaban J connectivity index is 2.43. The second-order valence-corrected chi connectivity index (χ2v) is 6.99. The summed E-state index contributed by atoms with van der Waals surface area (Å²) in [5.74, 6) is -1.54. The van der Waals surface area contributed by atoms with Crippen molar-refractivity contribution in [1.29, 1.82) is 0 Å². The van der Waals surface area contributed by atoms with E-state index < -0.39 is 5.97 Å². The number of aryl methyl sites for hydroxylation is 1. The number of nitrogens with zero attached hydrogens (tertiary/aromatic N) is 1. The topological polar surface area (TPSA) is 79.3 Å². The average Bonchev–Trinajstić information content (AvgIpc) is 2.78. The number of nitrogens with one attached hydrogen (secondary N) is 1. The Morgan fingerprint density at radius 2 is 1.86 bits per heavy atom. The first-order valence-corrected chi connectivity index (χ1v) is 8.17. The molecule has 0 saturated heterocycles. The molecule has 0 unspecified atom stereocenters. The van der Waals surface area contributed by atoms with Gasteiger partial charge in [-0.15, -0.1) is 0 Å². The SMILES string of the molecule is CC(=O)c1sc(Nc2c(Br)cc(C)cc2Br)nc1C(=O)O. The number of ketones is 1. The summed E-state index contributed by atoms with van der Waals surface area (Å²) in [6.07, 6.45) is 0. The molecule has 1 aromatic carbocycles. The molecule has 2 rings (SSSR count). The summed E-state index contributed by atoms with van der Waals surface area (Å²) in [4.78, 5) is 26.7. The minimum atomic E-state index is -1.22. The zero-order valence-corrected chi connectivity index (χ0v) is 15.0. The lowest BCUT2D eigenvalue weighted by atomic mass is 10.2. The normalized spacial score (nSPS) is 10.5. The summed E-state index contributed by atoms with van der Waals surface area (Å²) in [5, 5.41) is 12.5. The number of halogens is 2. The molecule has 2 aromatic rings. The van der Waals surface area contributed by atoms with Crippen molar-refractivity contribution in [3.8, 4) is 0 Å². The molecule has 0 aliphatic rings. The number of Topliss-reactive ketones (excluding diaryl/α,β-unsaturated/α-hetero) is 1. The molecular formula is C13H10Br2N2O3S. The van der Waals surface area contributed by atoms with Gasteiger partial charge in [0.1, 0.15) is 4.88 Å². The van der Waals surface area contributed by atoms with Crippen LogP contribution in [0, 0.1) is 6.92 Å². The van der Waals surface area contributed by atoms with Gasteiger partial charge in [-0.05, 0) is 56.5 Å². The van der Waals surface area contributed by atoms with Gasteiger partial charge in [0.15, 0.2) is 16.6 Å². The van der Waals surface area contributed by atoms with Crippen LogP contribution in [0.2, 0.25) is 0 Å². The Morgan fingerprint density at radius 1 is 1.29 bits per heavy atom. The van der Waals surface area contributed by atoms with Crippen molar-refractivity contribution in [2.75, 3.05) is 5.32 Å². The molecule has 0 amide bonds. The molecule has 5 nitrogen and oxygen atoms in total. The summed E-state index contributed by atoms with van der Waals surface area (Å²) >= 11 is 7.90. The Hall–Kier alpha value is -1.25. The second-order valence-electron chi connectivity index (χ2n) is 4.29. The van der Waals surface area contributed by atoms with Crippen LogP contribution >= 0.6 is 43.2 Å². The summed E-state index contributed by atoms with van der Waals surface area (Å²) in [6.45, 7) is 3.28. The van der Waals surface area contributed by atoms with Gasteiger partial charge in [-0.1, -0.05) is 11.3 Å². The average molecular weight is 434 g/mol. The van der Waals surface area contributed by atoms with Crippen LogP contribution in [-0.2, 0) is 0 Å². The van der Waals surface area contributed by atoms with Crippen LogP contribution in [0.15, 0.2) is 21.1 Å². The van der Waals surface area contributed by atoms with Crippen LogP contribution in [0.4, 0.5) is 10.8 Å². The van der Waals surface area contributed by atoms with E-state index >= 15 is 0 Å². The lowest BCUT2D eigenvalue weighted by Crippen LogP contribution is -2.03.